The van der Waals surface area contributed by atoms with E-state index in [1.807, 2.05) is 38.1 Å². The van der Waals surface area contributed by atoms with Crippen molar-refractivity contribution in [1.82, 2.24) is 4.90 Å². The SMILES string of the molecule is COc1cc(/C=C2\SC(=O)N(CCOc3cc(C)ccc3C)C2=O)cc(Cl)c1OCc1ccccc1C#N. The molecule has 0 atom stereocenters. The van der Waals surface area contributed by atoms with Crippen LogP contribution in [0.15, 0.2) is 59.5 Å². The molecule has 3 aromatic rings. The number of thioether (sulfide) groups is 1. The molecular weight excluding hydrogens is 524 g/mol. The van der Waals surface area contributed by atoms with Gasteiger partial charge in [-0.25, -0.2) is 0 Å². The van der Waals surface area contributed by atoms with Gasteiger partial charge in [-0.3, -0.25) is 14.5 Å². The molecule has 38 heavy (non-hydrogen) atoms. The molecule has 0 N–H and O–H groups in total. The molecule has 7 nitrogen and oxygen atoms in total. The van der Waals surface area contributed by atoms with Crippen LogP contribution in [0.25, 0.3) is 6.08 Å². The van der Waals surface area contributed by atoms with Crippen LogP contribution < -0.4 is 14.2 Å². The minimum atomic E-state index is -0.395. The van der Waals surface area contributed by atoms with Gasteiger partial charge < -0.3 is 14.2 Å². The van der Waals surface area contributed by atoms with E-state index in [0.717, 1.165) is 28.6 Å². The summed E-state index contributed by atoms with van der Waals surface area (Å²) in [5.41, 5.74) is 3.85. The Morgan fingerprint density at radius 1 is 1.05 bits per heavy atom. The number of methoxy groups -OCH3 is 1. The zero-order valence-corrected chi connectivity index (χ0v) is 22.7. The van der Waals surface area contributed by atoms with Crippen LogP contribution in [0.1, 0.15) is 27.8 Å². The monoisotopic (exact) mass is 548 g/mol. The molecule has 1 aliphatic rings. The Kier molecular flexibility index (Phi) is 8.62. The summed E-state index contributed by atoms with van der Waals surface area (Å²) in [4.78, 5) is 26.9. The minimum Gasteiger partial charge on any atom is -0.493 e. The fourth-order valence-corrected chi connectivity index (χ4v) is 4.96. The third-order valence-electron chi connectivity index (χ3n) is 5.85. The summed E-state index contributed by atoms with van der Waals surface area (Å²) in [7, 11) is 1.48. The Balaban J connectivity index is 1.46. The molecule has 0 bridgehead atoms. The molecule has 0 aliphatic carbocycles. The van der Waals surface area contributed by atoms with Crippen molar-refractivity contribution in [2.75, 3.05) is 20.3 Å². The van der Waals surface area contributed by atoms with E-state index in [2.05, 4.69) is 6.07 Å². The summed E-state index contributed by atoms with van der Waals surface area (Å²) < 4.78 is 17.2. The van der Waals surface area contributed by atoms with Crippen LogP contribution in [0.4, 0.5) is 4.79 Å². The molecule has 1 heterocycles. The van der Waals surface area contributed by atoms with Crippen LogP contribution in [0.3, 0.4) is 0 Å². The van der Waals surface area contributed by atoms with Gasteiger partial charge in [0.1, 0.15) is 19.0 Å². The van der Waals surface area contributed by atoms with Gasteiger partial charge in [-0.2, -0.15) is 5.26 Å². The highest BCUT2D eigenvalue weighted by molar-refractivity contribution is 8.18. The van der Waals surface area contributed by atoms with E-state index in [4.69, 9.17) is 25.8 Å². The lowest BCUT2D eigenvalue weighted by atomic mass is 10.1. The van der Waals surface area contributed by atoms with Gasteiger partial charge in [-0.15, -0.1) is 0 Å². The largest absolute Gasteiger partial charge is 0.493 e. The summed E-state index contributed by atoms with van der Waals surface area (Å²) in [6.07, 6.45) is 1.60. The predicted octanol–water partition coefficient (Wildman–Crippen LogP) is 6.53. The maximum Gasteiger partial charge on any atom is 0.293 e. The van der Waals surface area contributed by atoms with E-state index >= 15 is 0 Å². The minimum absolute atomic E-state index is 0.127. The average Bonchev–Trinajstić information content (AvgIpc) is 3.17. The molecule has 194 valence electrons. The van der Waals surface area contributed by atoms with Crippen molar-refractivity contribution < 1.29 is 23.8 Å². The lowest BCUT2D eigenvalue weighted by Gasteiger charge is -2.15. The van der Waals surface area contributed by atoms with Crippen LogP contribution >= 0.6 is 23.4 Å². The molecule has 0 radical (unpaired) electrons. The Morgan fingerprint density at radius 2 is 1.84 bits per heavy atom. The first kappa shape index (κ1) is 27.1. The quantitative estimate of drug-likeness (QED) is 0.281. The second kappa shape index (κ2) is 12.1. The normalized spacial score (nSPS) is 14.1. The first-order valence-corrected chi connectivity index (χ1v) is 12.9. The van der Waals surface area contributed by atoms with Gasteiger partial charge in [0.05, 0.1) is 35.2 Å². The molecule has 0 unspecified atom stereocenters. The molecule has 1 aliphatic heterocycles. The smallest absolute Gasteiger partial charge is 0.293 e. The number of benzene rings is 3. The van der Waals surface area contributed by atoms with Crippen molar-refractivity contribution in [2.45, 2.75) is 20.5 Å². The molecule has 2 amide bonds. The van der Waals surface area contributed by atoms with E-state index in [1.165, 1.54) is 12.0 Å². The number of carbonyl (C=O) groups is 2. The summed E-state index contributed by atoms with van der Waals surface area (Å²) in [6, 6.07) is 18.5. The number of aryl methyl sites for hydroxylation is 2. The Morgan fingerprint density at radius 3 is 2.61 bits per heavy atom. The first-order chi connectivity index (χ1) is 18.3. The number of halogens is 1. The van der Waals surface area contributed by atoms with Crippen molar-refractivity contribution in [3.05, 3.63) is 92.3 Å². The lowest BCUT2D eigenvalue weighted by Crippen LogP contribution is -2.32. The highest BCUT2D eigenvalue weighted by Gasteiger charge is 2.35. The number of nitrogens with zero attached hydrogens (tertiary/aromatic N) is 2. The summed E-state index contributed by atoms with van der Waals surface area (Å²) in [5.74, 6) is 1.01. The predicted molar refractivity (Wildman–Crippen MR) is 148 cm³/mol. The van der Waals surface area contributed by atoms with Gasteiger partial charge in [0.15, 0.2) is 11.5 Å². The van der Waals surface area contributed by atoms with Gasteiger partial charge >= 0.3 is 0 Å². The second-order valence-corrected chi connectivity index (χ2v) is 9.94. The Bertz CT molecular complexity index is 1460. The van der Waals surface area contributed by atoms with Crippen molar-refractivity contribution in [2.24, 2.45) is 0 Å². The van der Waals surface area contributed by atoms with Gasteiger partial charge in [-0.05, 0) is 72.6 Å². The zero-order valence-electron chi connectivity index (χ0n) is 21.1. The summed E-state index contributed by atoms with van der Waals surface area (Å²) in [5, 5.41) is 9.20. The second-order valence-electron chi connectivity index (χ2n) is 8.54. The van der Waals surface area contributed by atoms with Crippen molar-refractivity contribution in [3.8, 4) is 23.3 Å². The average molecular weight is 549 g/mol. The van der Waals surface area contributed by atoms with Gasteiger partial charge in [0.25, 0.3) is 11.1 Å². The molecule has 9 heteroatoms. The van der Waals surface area contributed by atoms with Crippen molar-refractivity contribution in [1.29, 1.82) is 5.26 Å². The number of nitriles is 1. The van der Waals surface area contributed by atoms with Crippen LogP contribution in [0, 0.1) is 25.2 Å². The third kappa shape index (κ3) is 6.13. The number of carbonyl (C=O) groups excluding carboxylic acids is 2. The van der Waals surface area contributed by atoms with E-state index in [1.54, 1.807) is 36.4 Å². The number of ether oxygens (including phenoxy) is 3. The van der Waals surface area contributed by atoms with Crippen LogP contribution in [0.5, 0.6) is 17.2 Å². The number of hydrogen-bond acceptors (Lipinski definition) is 7. The van der Waals surface area contributed by atoms with Crippen molar-refractivity contribution in [3.63, 3.8) is 0 Å². The molecule has 4 rings (SSSR count). The number of amides is 2. The van der Waals surface area contributed by atoms with E-state index in [-0.39, 0.29) is 34.9 Å². The first-order valence-electron chi connectivity index (χ1n) is 11.7. The third-order valence-corrected chi connectivity index (χ3v) is 7.04. The van der Waals surface area contributed by atoms with Crippen molar-refractivity contribution >= 4 is 40.6 Å². The molecule has 1 saturated heterocycles. The molecule has 1 fully saturated rings. The van der Waals surface area contributed by atoms with Crippen LogP contribution in [0.2, 0.25) is 5.02 Å². The Hall–Kier alpha value is -3.93. The fourth-order valence-electron chi connectivity index (χ4n) is 3.82. The maximum atomic E-state index is 13.0. The number of hydrogen-bond donors (Lipinski definition) is 0. The van der Waals surface area contributed by atoms with Gasteiger partial charge in [-0.1, -0.05) is 41.9 Å². The van der Waals surface area contributed by atoms with Crippen LogP contribution in [-0.2, 0) is 11.4 Å². The zero-order chi connectivity index (χ0) is 27.2. The summed E-state index contributed by atoms with van der Waals surface area (Å²) >= 11 is 7.36. The number of rotatable bonds is 9. The fraction of sp³-hybridized carbons (Fsp3) is 0.207. The highest BCUT2D eigenvalue weighted by Crippen LogP contribution is 2.39. The molecule has 0 aromatic heterocycles. The molecular formula is C29H25ClN2O5S. The highest BCUT2D eigenvalue weighted by atomic mass is 35.5. The number of imide groups is 1. The van der Waals surface area contributed by atoms with E-state index < -0.39 is 5.91 Å². The molecule has 3 aromatic carbocycles. The standard InChI is InChI=1S/C29H25ClN2O5S/c1-18-8-9-19(2)24(12-18)36-11-10-32-28(33)26(38-29(32)34)15-20-13-23(30)27(25(14-20)35-3)37-17-22-7-5-4-6-21(22)16-31/h4-9,12-15H,10-11,17H2,1-3H3/b26-15-. The Labute approximate surface area is 230 Å². The van der Waals surface area contributed by atoms with Crippen LogP contribution in [-0.4, -0.2) is 36.3 Å². The maximum absolute atomic E-state index is 13.0. The molecule has 0 saturated carbocycles. The van der Waals surface area contributed by atoms with Gasteiger partial charge in [0.2, 0.25) is 0 Å². The summed E-state index contributed by atoms with van der Waals surface area (Å²) in [6.45, 7) is 4.37. The topological polar surface area (TPSA) is 88.9 Å². The van der Waals surface area contributed by atoms with E-state index in [0.29, 0.717) is 28.2 Å². The van der Waals surface area contributed by atoms with E-state index in [9.17, 15) is 14.9 Å². The molecule has 0 spiro atoms. The van der Waals surface area contributed by atoms with Gasteiger partial charge in [0, 0.05) is 5.56 Å². The lowest BCUT2D eigenvalue weighted by molar-refractivity contribution is -0.123.